The van der Waals surface area contributed by atoms with Gasteiger partial charge in [-0.3, -0.25) is 0 Å². The first-order chi connectivity index (χ1) is 3.31. The minimum Gasteiger partial charge on any atom is -0.204 e. The fraction of sp³-hybridized carbons (Fsp3) is 1.00. The van der Waals surface area contributed by atoms with Crippen LogP contribution in [0.1, 0.15) is 20.3 Å². The summed E-state index contributed by atoms with van der Waals surface area (Å²) in [6.07, 6.45) is 2.27. The molecule has 41 valence electrons. The molecule has 0 aliphatic rings. The molecule has 0 aliphatic heterocycles. The van der Waals surface area contributed by atoms with Gasteiger partial charge in [0.05, 0.1) is 0 Å². The summed E-state index contributed by atoms with van der Waals surface area (Å²) in [5, 5.41) is 0. The molecular weight excluding hydrogens is 106 g/mol. The molecule has 0 aromatic heterocycles. The third-order valence-electron chi connectivity index (χ3n) is 1.19. The maximum absolute atomic E-state index is 5.35. The van der Waals surface area contributed by atoms with E-state index in [4.69, 9.17) is 11.5 Å². The molecule has 7 heavy (non-hydrogen) atoms. The lowest BCUT2D eigenvalue weighted by molar-refractivity contribution is 0.624. The van der Waals surface area contributed by atoms with Gasteiger partial charge in [-0.05, 0) is 0 Å². The Morgan fingerprint density at radius 2 is 2.29 bits per heavy atom. The van der Waals surface area contributed by atoms with Crippen molar-refractivity contribution in [2.75, 3.05) is 0 Å². The Bertz CT molecular complexity index is 39.1. The van der Waals surface area contributed by atoms with Crippen molar-refractivity contribution in [1.29, 1.82) is 0 Å². The molecule has 0 amide bonds. The highest BCUT2D eigenvalue weighted by atomic mass is 35.5. The van der Waals surface area contributed by atoms with Gasteiger partial charge < -0.3 is 0 Å². The van der Waals surface area contributed by atoms with Crippen LogP contribution in [0.5, 0.6) is 0 Å². The molecule has 0 aromatic carbocycles. The van der Waals surface area contributed by atoms with Crippen LogP contribution in [0.15, 0.2) is 0 Å². The van der Waals surface area contributed by atoms with Gasteiger partial charge in [0.2, 0.25) is 6.69 Å². The van der Waals surface area contributed by atoms with E-state index in [2.05, 4.69) is 13.8 Å². The van der Waals surface area contributed by atoms with E-state index in [1.54, 1.807) is 6.69 Å². The summed E-state index contributed by atoms with van der Waals surface area (Å²) >= 11 is 5.35. The second-order valence-electron chi connectivity index (χ2n) is 1.90. The first kappa shape index (κ1) is 7.35. The fourth-order valence-corrected chi connectivity index (χ4v) is 0.623. The molecule has 0 saturated carbocycles. The van der Waals surface area contributed by atoms with Gasteiger partial charge in [0.25, 0.3) is 0 Å². The van der Waals surface area contributed by atoms with Gasteiger partial charge in [0.1, 0.15) is 0 Å². The number of hydrogen-bond donors (Lipinski definition) is 0. The minimum absolute atomic E-state index is 0.762. The largest absolute Gasteiger partial charge is 0.238 e. The van der Waals surface area contributed by atoms with E-state index in [1.807, 2.05) is 0 Å². The topological polar surface area (TPSA) is 0 Å². The molecule has 0 heterocycles. The van der Waals surface area contributed by atoms with Crippen molar-refractivity contribution >= 4 is 18.2 Å². The highest BCUT2D eigenvalue weighted by molar-refractivity contribution is 6.93. The number of halogens is 1. The SMILES string of the molecule is CCC(C)C[B]Cl. The van der Waals surface area contributed by atoms with Crippen LogP contribution >= 0.6 is 11.5 Å². The molecule has 0 saturated heterocycles. The van der Waals surface area contributed by atoms with Crippen molar-refractivity contribution in [2.24, 2.45) is 5.92 Å². The molecule has 1 radical (unpaired) electrons. The van der Waals surface area contributed by atoms with Crippen LogP contribution in [-0.2, 0) is 0 Å². The standard InChI is InChI=1S/C5H11BCl/c1-3-5(2)4-6-7/h5H,3-4H2,1-2H3. The minimum atomic E-state index is 0.762. The predicted molar refractivity (Wildman–Crippen MR) is 35.9 cm³/mol. The van der Waals surface area contributed by atoms with E-state index in [0.717, 1.165) is 12.2 Å². The highest BCUT2D eigenvalue weighted by Gasteiger charge is 1.95. The van der Waals surface area contributed by atoms with Crippen LogP contribution in [0.25, 0.3) is 0 Å². The van der Waals surface area contributed by atoms with Crippen molar-refractivity contribution in [3.63, 3.8) is 0 Å². The molecule has 1 unspecified atom stereocenters. The Labute approximate surface area is 51.4 Å². The van der Waals surface area contributed by atoms with Crippen molar-refractivity contribution in [2.45, 2.75) is 26.6 Å². The summed E-state index contributed by atoms with van der Waals surface area (Å²) in [4.78, 5) is 0. The maximum Gasteiger partial charge on any atom is 0.238 e. The zero-order valence-electron chi connectivity index (χ0n) is 4.95. The van der Waals surface area contributed by atoms with Crippen molar-refractivity contribution < 1.29 is 0 Å². The highest BCUT2D eigenvalue weighted by Crippen LogP contribution is 2.05. The maximum atomic E-state index is 5.35. The van der Waals surface area contributed by atoms with Crippen molar-refractivity contribution in [1.82, 2.24) is 0 Å². The second kappa shape index (κ2) is 4.51. The van der Waals surface area contributed by atoms with E-state index in [9.17, 15) is 0 Å². The summed E-state index contributed by atoms with van der Waals surface area (Å²) in [6, 6.07) is 0. The summed E-state index contributed by atoms with van der Waals surface area (Å²) in [6.45, 7) is 6.07. The number of rotatable bonds is 3. The van der Waals surface area contributed by atoms with Crippen LogP contribution in [0.3, 0.4) is 0 Å². The average Bonchev–Trinajstić information content (AvgIpc) is 1.68. The average molecular weight is 117 g/mol. The van der Waals surface area contributed by atoms with E-state index < -0.39 is 0 Å². The quantitative estimate of drug-likeness (QED) is 0.498. The fourth-order valence-electron chi connectivity index (χ4n) is 0.319. The van der Waals surface area contributed by atoms with Crippen LogP contribution in [0.4, 0.5) is 0 Å². The molecule has 0 aliphatic carbocycles. The summed E-state index contributed by atoms with van der Waals surface area (Å²) in [5.41, 5.74) is 0. The Morgan fingerprint density at radius 3 is 2.43 bits per heavy atom. The van der Waals surface area contributed by atoms with E-state index in [-0.39, 0.29) is 0 Å². The number of hydrogen-bond acceptors (Lipinski definition) is 0. The monoisotopic (exact) mass is 117 g/mol. The first-order valence-corrected chi connectivity index (χ1v) is 3.16. The van der Waals surface area contributed by atoms with Crippen LogP contribution in [-0.4, -0.2) is 6.69 Å². The van der Waals surface area contributed by atoms with E-state index in [0.29, 0.717) is 0 Å². The Morgan fingerprint density at radius 1 is 1.71 bits per heavy atom. The van der Waals surface area contributed by atoms with Gasteiger partial charge in [-0.15, -0.1) is 0 Å². The molecule has 0 rings (SSSR count). The van der Waals surface area contributed by atoms with Crippen LogP contribution in [0, 0.1) is 5.92 Å². The van der Waals surface area contributed by atoms with Gasteiger partial charge in [-0.1, -0.05) is 32.5 Å². The lowest BCUT2D eigenvalue weighted by atomic mass is 9.90. The summed E-state index contributed by atoms with van der Waals surface area (Å²) in [7, 11) is 0. The lowest BCUT2D eigenvalue weighted by Gasteiger charge is -2.00. The molecule has 0 nitrogen and oxygen atoms in total. The second-order valence-corrected chi connectivity index (χ2v) is 2.21. The predicted octanol–water partition coefficient (Wildman–Crippen LogP) is 2.31. The van der Waals surface area contributed by atoms with Gasteiger partial charge in [0, 0.05) is 0 Å². The summed E-state index contributed by atoms with van der Waals surface area (Å²) < 4.78 is 0. The van der Waals surface area contributed by atoms with Crippen LogP contribution < -0.4 is 0 Å². The molecule has 0 N–H and O–H groups in total. The Hall–Kier alpha value is 0.355. The molecule has 2 heteroatoms. The van der Waals surface area contributed by atoms with Gasteiger partial charge in [0.15, 0.2) is 0 Å². The molecular formula is C5H11BCl. The third-order valence-corrected chi connectivity index (χ3v) is 1.37. The summed E-state index contributed by atoms with van der Waals surface area (Å²) in [5.74, 6) is 0.762. The zero-order chi connectivity index (χ0) is 5.70. The Kier molecular flexibility index (Phi) is 4.74. The van der Waals surface area contributed by atoms with Crippen molar-refractivity contribution in [3.8, 4) is 0 Å². The van der Waals surface area contributed by atoms with E-state index >= 15 is 0 Å². The molecule has 1 atom stereocenters. The third kappa shape index (κ3) is 4.20. The lowest BCUT2D eigenvalue weighted by Crippen LogP contribution is -1.91. The van der Waals surface area contributed by atoms with Crippen molar-refractivity contribution in [3.05, 3.63) is 0 Å². The molecule has 0 aromatic rings. The van der Waals surface area contributed by atoms with E-state index in [1.165, 1.54) is 6.42 Å². The molecule has 0 spiro atoms. The Balaban J connectivity index is 2.83. The van der Waals surface area contributed by atoms with Crippen LogP contribution in [0.2, 0.25) is 6.32 Å². The molecule has 0 fully saturated rings. The zero-order valence-corrected chi connectivity index (χ0v) is 5.70. The van der Waals surface area contributed by atoms with Gasteiger partial charge >= 0.3 is 0 Å². The molecule has 0 bridgehead atoms. The first-order valence-electron chi connectivity index (χ1n) is 2.73. The normalized spacial score (nSPS) is 13.6. The van der Waals surface area contributed by atoms with Gasteiger partial charge in [-0.2, -0.15) is 0 Å². The van der Waals surface area contributed by atoms with Gasteiger partial charge in [-0.25, -0.2) is 11.5 Å². The smallest absolute Gasteiger partial charge is 0.204 e.